The lowest BCUT2D eigenvalue weighted by Crippen LogP contribution is -2.29. The van der Waals surface area contributed by atoms with Gasteiger partial charge in [-0.3, -0.25) is 0 Å². The van der Waals surface area contributed by atoms with Crippen molar-refractivity contribution in [1.29, 1.82) is 0 Å². The van der Waals surface area contributed by atoms with Crippen LogP contribution in [0, 0.1) is 0 Å². The van der Waals surface area contributed by atoms with Gasteiger partial charge in [-0.1, -0.05) is 18.2 Å². The van der Waals surface area contributed by atoms with Crippen LogP contribution in [0.3, 0.4) is 0 Å². The first-order chi connectivity index (χ1) is 7.27. The average molecular weight is 207 g/mol. The molecule has 0 saturated carbocycles. The van der Waals surface area contributed by atoms with Gasteiger partial charge in [0.1, 0.15) is 0 Å². The van der Waals surface area contributed by atoms with Gasteiger partial charge in [0.05, 0.1) is 7.11 Å². The van der Waals surface area contributed by atoms with Gasteiger partial charge < -0.3 is 9.84 Å². The van der Waals surface area contributed by atoms with Gasteiger partial charge >= 0.3 is 0 Å². The van der Waals surface area contributed by atoms with Crippen molar-refractivity contribution in [3.8, 4) is 11.5 Å². The summed E-state index contributed by atoms with van der Waals surface area (Å²) >= 11 is 0. The van der Waals surface area contributed by atoms with Crippen molar-refractivity contribution >= 4 is 6.08 Å². The fraction of sp³-hybridized carbons (Fsp3) is 0.200. The van der Waals surface area contributed by atoms with Crippen molar-refractivity contribution in [3.05, 3.63) is 29.8 Å². The molecule has 0 unspecified atom stereocenters. The molecule has 3 N–H and O–H groups in total. The van der Waals surface area contributed by atoms with Crippen LogP contribution in [0.2, 0.25) is 0 Å². The number of hydrogen-bond donors (Lipinski definition) is 3. The molecule has 0 saturated heterocycles. The molecular formula is C10H13N3O2. The molecule has 1 aromatic carbocycles. The fourth-order valence-corrected chi connectivity index (χ4v) is 1.10. The van der Waals surface area contributed by atoms with Crippen LogP contribution in [0.25, 0.3) is 6.08 Å². The Kier molecular flexibility index (Phi) is 4.62. The minimum atomic E-state index is 0.116. The van der Waals surface area contributed by atoms with E-state index < -0.39 is 0 Å². The predicted octanol–water partition coefficient (Wildman–Crippen LogP) is 0.492. The summed E-state index contributed by atoms with van der Waals surface area (Å²) in [4.78, 5) is 0. The Bertz CT molecular complexity index is 339. The number of aromatic hydroxyl groups is 1. The van der Waals surface area contributed by atoms with Gasteiger partial charge in [0, 0.05) is 6.54 Å². The first kappa shape index (κ1) is 11.5. The molecule has 0 heterocycles. The average Bonchev–Trinajstić information content (AvgIpc) is 2.26. The molecule has 0 aliphatic carbocycles. The number of methoxy groups -OCH3 is 1. The number of rotatable bonds is 5. The van der Waals surface area contributed by atoms with Gasteiger partial charge in [-0.2, -0.15) is 5.53 Å². The van der Waals surface area contributed by atoms with Gasteiger partial charge in [0.25, 0.3) is 0 Å². The standard InChI is InChI=1S/C10H13N3O2/c1-15-10-7-8(4-5-9(10)14)3-2-6-12-13-11/h2-5,7,12-14H,6H2,1H3/b3-2+. The van der Waals surface area contributed by atoms with Crippen LogP contribution in [0.1, 0.15) is 5.56 Å². The van der Waals surface area contributed by atoms with Crippen LogP contribution in [0.15, 0.2) is 24.3 Å². The third-order valence-corrected chi connectivity index (χ3v) is 1.81. The van der Waals surface area contributed by atoms with E-state index in [1.165, 1.54) is 7.11 Å². The van der Waals surface area contributed by atoms with E-state index in [2.05, 4.69) is 5.43 Å². The summed E-state index contributed by atoms with van der Waals surface area (Å²) in [6, 6.07) is 5.05. The molecule has 0 atom stereocenters. The summed E-state index contributed by atoms with van der Waals surface area (Å²) in [6.07, 6.45) is 3.65. The van der Waals surface area contributed by atoms with E-state index in [4.69, 9.17) is 10.6 Å². The molecule has 0 aliphatic heterocycles. The molecule has 0 aliphatic rings. The number of phenols is 1. The van der Waals surface area contributed by atoms with Crippen LogP contribution in [0.4, 0.5) is 0 Å². The van der Waals surface area contributed by atoms with Crippen LogP contribution in [-0.4, -0.2) is 18.8 Å². The van der Waals surface area contributed by atoms with Crippen molar-refractivity contribution in [2.75, 3.05) is 13.7 Å². The van der Waals surface area contributed by atoms with Gasteiger partial charge in [0.15, 0.2) is 11.5 Å². The summed E-state index contributed by atoms with van der Waals surface area (Å²) in [5, 5.41) is 9.34. The van der Waals surface area contributed by atoms with Crippen molar-refractivity contribution in [2.24, 2.45) is 0 Å². The van der Waals surface area contributed by atoms with Gasteiger partial charge in [-0.25, -0.2) is 5.43 Å². The Hall–Kier alpha value is -1.56. The summed E-state index contributed by atoms with van der Waals surface area (Å²) in [6.45, 7) is 0.486. The SMILES string of the molecule is COc1cc(/C=C/CNN[N])ccc1O. The van der Waals surface area contributed by atoms with Crippen LogP contribution >= 0.6 is 0 Å². The number of ether oxygens (including phenoxy) is 1. The van der Waals surface area contributed by atoms with Gasteiger partial charge in [0.2, 0.25) is 0 Å². The number of nitrogens with one attached hydrogen (secondary N) is 2. The Morgan fingerprint density at radius 1 is 1.53 bits per heavy atom. The molecule has 1 rings (SSSR count). The van der Waals surface area contributed by atoms with Crippen LogP contribution in [-0.2, 0) is 0 Å². The first-order valence-corrected chi connectivity index (χ1v) is 4.43. The van der Waals surface area contributed by atoms with E-state index in [-0.39, 0.29) is 5.75 Å². The zero-order valence-corrected chi connectivity index (χ0v) is 8.40. The molecule has 5 nitrogen and oxygen atoms in total. The van der Waals surface area contributed by atoms with Crippen LogP contribution in [0.5, 0.6) is 11.5 Å². The normalized spacial score (nSPS) is 10.8. The second-order valence-corrected chi connectivity index (χ2v) is 2.83. The lowest BCUT2D eigenvalue weighted by molar-refractivity contribution is 0.373. The quantitative estimate of drug-likeness (QED) is 0.485. The molecule has 0 bridgehead atoms. The van der Waals surface area contributed by atoms with E-state index in [1.54, 1.807) is 18.2 Å². The molecular weight excluding hydrogens is 194 g/mol. The molecule has 0 spiro atoms. The first-order valence-electron chi connectivity index (χ1n) is 4.43. The second kappa shape index (κ2) is 6.02. The highest BCUT2D eigenvalue weighted by molar-refractivity contribution is 5.55. The largest absolute Gasteiger partial charge is 0.504 e. The van der Waals surface area contributed by atoms with E-state index in [9.17, 15) is 5.11 Å². The number of nitrogens with zero attached hydrogens (tertiary/aromatic N) is 1. The maximum Gasteiger partial charge on any atom is 0.161 e. The maximum atomic E-state index is 9.34. The Labute approximate surface area is 88.5 Å². The lowest BCUT2D eigenvalue weighted by Gasteiger charge is -2.03. The predicted molar refractivity (Wildman–Crippen MR) is 57.0 cm³/mol. The topological polar surface area (TPSA) is 75.8 Å². The third kappa shape index (κ3) is 3.59. The van der Waals surface area contributed by atoms with Crippen molar-refractivity contribution < 1.29 is 9.84 Å². The number of hydrogen-bond acceptors (Lipinski definition) is 4. The Balaban J connectivity index is 2.65. The lowest BCUT2D eigenvalue weighted by atomic mass is 10.2. The molecule has 15 heavy (non-hydrogen) atoms. The summed E-state index contributed by atoms with van der Waals surface area (Å²) < 4.78 is 4.96. The summed E-state index contributed by atoms with van der Waals surface area (Å²) in [5.41, 5.74) is 5.22. The monoisotopic (exact) mass is 207 g/mol. The van der Waals surface area contributed by atoms with Crippen LogP contribution < -0.4 is 21.5 Å². The molecule has 0 fully saturated rings. The minimum absolute atomic E-state index is 0.116. The zero-order valence-electron chi connectivity index (χ0n) is 8.40. The number of phenolic OH excluding ortho intramolecular Hbond substituents is 1. The van der Waals surface area contributed by atoms with E-state index in [1.807, 2.05) is 17.7 Å². The Morgan fingerprint density at radius 3 is 3.00 bits per heavy atom. The van der Waals surface area contributed by atoms with Gasteiger partial charge in [-0.05, 0) is 23.5 Å². The molecule has 0 aromatic heterocycles. The second-order valence-electron chi connectivity index (χ2n) is 2.83. The van der Waals surface area contributed by atoms with Gasteiger partial charge in [-0.15, -0.1) is 0 Å². The van der Waals surface area contributed by atoms with E-state index in [0.717, 1.165) is 5.56 Å². The van der Waals surface area contributed by atoms with Crippen molar-refractivity contribution in [3.63, 3.8) is 0 Å². The maximum absolute atomic E-state index is 9.34. The number of benzene rings is 1. The minimum Gasteiger partial charge on any atom is -0.504 e. The molecule has 2 radical (unpaired) electrons. The fourth-order valence-electron chi connectivity index (χ4n) is 1.10. The highest BCUT2D eigenvalue weighted by Crippen LogP contribution is 2.26. The molecule has 5 heteroatoms. The van der Waals surface area contributed by atoms with E-state index >= 15 is 0 Å². The Morgan fingerprint density at radius 2 is 2.33 bits per heavy atom. The molecule has 0 amide bonds. The van der Waals surface area contributed by atoms with E-state index in [0.29, 0.717) is 12.3 Å². The molecule has 80 valence electrons. The highest BCUT2D eigenvalue weighted by atomic mass is 16.5. The summed E-state index contributed by atoms with van der Waals surface area (Å²) in [5.74, 6) is 8.79. The molecule has 1 aromatic rings. The highest BCUT2D eigenvalue weighted by Gasteiger charge is 1.99. The third-order valence-electron chi connectivity index (χ3n) is 1.81. The summed E-state index contributed by atoms with van der Waals surface area (Å²) in [7, 11) is 1.50. The number of hydrazine groups is 1. The smallest absolute Gasteiger partial charge is 0.161 e. The van der Waals surface area contributed by atoms with Crippen molar-refractivity contribution in [1.82, 2.24) is 16.8 Å². The van der Waals surface area contributed by atoms with Crippen molar-refractivity contribution in [2.45, 2.75) is 0 Å². The zero-order chi connectivity index (χ0) is 11.1.